The van der Waals surface area contributed by atoms with Crippen molar-refractivity contribution in [1.82, 2.24) is 4.90 Å². The van der Waals surface area contributed by atoms with Crippen LogP contribution in [0, 0.1) is 5.82 Å². The lowest BCUT2D eigenvalue weighted by Gasteiger charge is -2.17. The lowest BCUT2D eigenvalue weighted by atomic mass is 10.1. The summed E-state index contributed by atoms with van der Waals surface area (Å²) < 4.78 is 19.5. The number of rotatable bonds is 2. The smallest absolute Gasteiger partial charge is 0.168 e. The van der Waals surface area contributed by atoms with E-state index in [2.05, 4.69) is 16.8 Å². The van der Waals surface area contributed by atoms with Gasteiger partial charge in [-0.3, -0.25) is 4.99 Å². The second kappa shape index (κ2) is 4.38. The van der Waals surface area contributed by atoms with Crippen LogP contribution < -0.4 is 0 Å². The van der Waals surface area contributed by atoms with Crippen LogP contribution in [0.3, 0.4) is 0 Å². The molecule has 0 radical (unpaired) electrons. The molecule has 0 unspecified atom stereocenters. The third kappa shape index (κ3) is 1.62. The summed E-state index contributed by atoms with van der Waals surface area (Å²) in [7, 11) is 0. The van der Waals surface area contributed by atoms with Crippen LogP contribution in [-0.2, 0) is 0 Å². The first-order valence-corrected chi connectivity index (χ1v) is 7.49. The van der Waals surface area contributed by atoms with Gasteiger partial charge in [-0.05, 0) is 24.6 Å². The van der Waals surface area contributed by atoms with Gasteiger partial charge in [0.15, 0.2) is 5.17 Å². The first-order valence-electron chi connectivity index (χ1n) is 6.68. The van der Waals surface area contributed by atoms with E-state index in [9.17, 15) is 4.39 Å². The van der Waals surface area contributed by atoms with E-state index < -0.39 is 0 Å². The van der Waals surface area contributed by atoms with Crippen LogP contribution in [0.1, 0.15) is 18.9 Å². The molecule has 5 heteroatoms. The topological polar surface area (TPSA) is 28.7 Å². The second-order valence-electron chi connectivity index (χ2n) is 4.84. The van der Waals surface area contributed by atoms with Crippen LogP contribution in [0.2, 0.25) is 0 Å². The molecule has 0 bridgehead atoms. The normalized spacial score (nSPS) is 18.1. The predicted molar refractivity (Wildman–Crippen MR) is 80.0 cm³/mol. The van der Waals surface area contributed by atoms with E-state index in [4.69, 9.17) is 4.42 Å². The van der Waals surface area contributed by atoms with E-state index in [1.807, 2.05) is 0 Å². The van der Waals surface area contributed by atoms with Crippen LogP contribution in [0.4, 0.5) is 4.39 Å². The minimum atomic E-state index is -0.230. The highest BCUT2D eigenvalue weighted by molar-refractivity contribution is 8.17. The van der Waals surface area contributed by atoms with E-state index in [0.29, 0.717) is 0 Å². The van der Waals surface area contributed by atoms with E-state index in [-0.39, 0.29) is 5.82 Å². The van der Waals surface area contributed by atoms with Crippen molar-refractivity contribution in [3.05, 3.63) is 40.7 Å². The second-order valence-corrected chi connectivity index (χ2v) is 5.90. The van der Waals surface area contributed by atoms with Crippen molar-refractivity contribution < 1.29 is 8.81 Å². The number of halogens is 1. The standard InChI is InChI=1S/C15H13FN2OS/c1-2-12-13(18-5-4-17-15(18)20-12)11-8-10(16)7-9-3-6-19-14(9)11/h3,6-8H,2,4-5H2,1H3. The molecule has 0 aliphatic carbocycles. The summed E-state index contributed by atoms with van der Waals surface area (Å²) in [6, 6.07) is 4.88. The average Bonchev–Trinajstić information content (AvgIpc) is 3.11. The van der Waals surface area contributed by atoms with Crippen molar-refractivity contribution in [3.8, 4) is 0 Å². The third-order valence-corrected chi connectivity index (χ3v) is 4.90. The Kier molecular flexibility index (Phi) is 2.63. The third-order valence-electron chi connectivity index (χ3n) is 3.64. The Morgan fingerprint density at radius 3 is 3.20 bits per heavy atom. The van der Waals surface area contributed by atoms with Gasteiger partial charge in [-0.2, -0.15) is 0 Å². The molecule has 0 fully saturated rings. The number of nitrogens with zero attached hydrogens (tertiary/aromatic N) is 2. The largest absolute Gasteiger partial charge is 0.464 e. The van der Waals surface area contributed by atoms with E-state index in [1.165, 1.54) is 11.0 Å². The van der Waals surface area contributed by atoms with Crippen LogP contribution in [0.5, 0.6) is 0 Å². The Bertz CT molecular complexity index is 762. The molecule has 0 amide bonds. The maximum atomic E-state index is 13.9. The zero-order valence-electron chi connectivity index (χ0n) is 11.0. The van der Waals surface area contributed by atoms with Gasteiger partial charge < -0.3 is 9.32 Å². The summed E-state index contributed by atoms with van der Waals surface area (Å²) in [6.07, 6.45) is 2.52. The minimum Gasteiger partial charge on any atom is -0.464 e. The molecule has 3 nitrogen and oxygen atoms in total. The molecule has 20 heavy (non-hydrogen) atoms. The van der Waals surface area contributed by atoms with Gasteiger partial charge in [0, 0.05) is 22.4 Å². The Hall–Kier alpha value is -1.75. The summed E-state index contributed by atoms with van der Waals surface area (Å²) >= 11 is 1.69. The zero-order chi connectivity index (χ0) is 13.7. The van der Waals surface area contributed by atoms with Gasteiger partial charge in [0.05, 0.1) is 18.5 Å². The summed E-state index contributed by atoms with van der Waals surface area (Å²) in [6.45, 7) is 3.78. The molecule has 0 atom stereocenters. The fourth-order valence-electron chi connectivity index (χ4n) is 2.79. The highest BCUT2D eigenvalue weighted by Gasteiger charge is 2.33. The molecule has 0 saturated carbocycles. The van der Waals surface area contributed by atoms with Gasteiger partial charge in [-0.15, -0.1) is 0 Å². The van der Waals surface area contributed by atoms with Crippen molar-refractivity contribution in [2.24, 2.45) is 4.99 Å². The molecule has 4 rings (SSSR count). The zero-order valence-corrected chi connectivity index (χ0v) is 11.8. The number of thioether (sulfide) groups is 1. The predicted octanol–water partition coefficient (Wildman–Crippen LogP) is 4.07. The van der Waals surface area contributed by atoms with Gasteiger partial charge in [0.2, 0.25) is 0 Å². The van der Waals surface area contributed by atoms with E-state index >= 15 is 0 Å². The Morgan fingerprint density at radius 2 is 2.35 bits per heavy atom. The van der Waals surface area contributed by atoms with Crippen molar-refractivity contribution in [1.29, 1.82) is 0 Å². The molecule has 1 aromatic heterocycles. The molecular weight excluding hydrogens is 275 g/mol. The molecule has 0 spiro atoms. The van der Waals surface area contributed by atoms with Crippen LogP contribution >= 0.6 is 11.8 Å². The van der Waals surface area contributed by atoms with Crippen molar-refractivity contribution in [3.63, 3.8) is 0 Å². The Morgan fingerprint density at radius 1 is 1.45 bits per heavy atom. The van der Waals surface area contributed by atoms with Crippen molar-refractivity contribution in [2.75, 3.05) is 13.1 Å². The highest BCUT2D eigenvalue weighted by Crippen LogP contribution is 2.44. The van der Waals surface area contributed by atoms with Crippen LogP contribution in [-0.4, -0.2) is 23.2 Å². The molecule has 2 aliphatic heterocycles. The number of hydrogen-bond donors (Lipinski definition) is 0. The fraction of sp³-hybridized carbons (Fsp3) is 0.267. The van der Waals surface area contributed by atoms with Crippen LogP contribution in [0.25, 0.3) is 16.7 Å². The number of hydrogen-bond acceptors (Lipinski definition) is 4. The number of furan rings is 1. The maximum Gasteiger partial charge on any atom is 0.168 e. The number of benzene rings is 1. The van der Waals surface area contributed by atoms with Gasteiger partial charge in [0.1, 0.15) is 11.4 Å². The molecule has 0 N–H and O–H groups in total. The average molecular weight is 288 g/mol. The van der Waals surface area contributed by atoms with E-state index in [0.717, 1.165) is 46.9 Å². The summed E-state index contributed by atoms with van der Waals surface area (Å²) in [4.78, 5) is 7.91. The van der Waals surface area contributed by atoms with E-state index in [1.54, 1.807) is 30.2 Å². The number of aliphatic imine (C=N–C) groups is 1. The molecule has 0 saturated heterocycles. The summed E-state index contributed by atoms with van der Waals surface area (Å²) in [5, 5.41) is 1.83. The van der Waals surface area contributed by atoms with Gasteiger partial charge in [-0.25, -0.2) is 4.39 Å². The quantitative estimate of drug-likeness (QED) is 0.834. The Labute approximate surface area is 120 Å². The summed E-state index contributed by atoms with van der Waals surface area (Å²) in [5.74, 6) is -0.230. The maximum absolute atomic E-state index is 13.9. The lowest BCUT2D eigenvalue weighted by molar-refractivity contribution is 0.600. The molecule has 3 heterocycles. The highest BCUT2D eigenvalue weighted by atomic mass is 32.2. The van der Waals surface area contributed by atoms with Gasteiger partial charge in [-0.1, -0.05) is 18.7 Å². The van der Waals surface area contributed by atoms with Crippen LogP contribution in [0.15, 0.2) is 38.8 Å². The number of allylic oxidation sites excluding steroid dienone is 1. The Balaban J connectivity index is 1.97. The molecular formula is C15H13FN2OS. The van der Waals surface area contributed by atoms with Gasteiger partial charge in [0.25, 0.3) is 0 Å². The van der Waals surface area contributed by atoms with Crippen molar-refractivity contribution in [2.45, 2.75) is 13.3 Å². The lowest BCUT2D eigenvalue weighted by Crippen LogP contribution is -2.20. The SMILES string of the molecule is CCC1=C(c2cc(F)cc3ccoc23)N2CCN=C2S1. The first-order chi connectivity index (χ1) is 9.78. The molecule has 2 aromatic rings. The molecule has 102 valence electrons. The van der Waals surface area contributed by atoms with Gasteiger partial charge >= 0.3 is 0 Å². The summed E-state index contributed by atoms with van der Waals surface area (Å²) in [5.41, 5.74) is 2.65. The molecule has 2 aliphatic rings. The fourth-order valence-corrected chi connectivity index (χ4v) is 3.92. The molecule has 1 aromatic carbocycles. The number of amidine groups is 1. The monoisotopic (exact) mass is 288 g/mol. The van der Waals surface area contributed by atoms with Crippen molar-refractivity contribution >= 4 is 33.6 Å². The first kappa shape index (κ1) is 12.0. The number of fused-ring (bicyclic) bond motifs is 2. The minimum absolute atomic E-state index is 0.230.